The second kappa shape index (κ2) is 23.0. The van der Waals surface area contributed by atoms with Crippen LogP contribution in [0.2, 0.25) is 0 Å². The summed E-state index contributed by atoms with van der Waals surface area (Å²) in [5.74, 6) is 1.02. The maximum atomic E-state index is 14.6. The highest BCUT2D eigenvalue weighted by Crippen LogP contribution is 2.46. The van der Waals surface area contributed by atoms with E-state index >= 15 is 0 Å². The molecule has 5 heterocycles. The minimum Gasteiger partial charge on any atom is -0.396 e. The molecule has 7 N–H and O–H groups in total. The molecule has 2 aliphatic heterocycles. The Kier molecular flexibility index (Phi) is 15.8. The summed E-state index contributed by atoms with van der Waals surface area (Å²) < 4.78 is 1.78. The number of likely N-dealkylation sites (N-methyl/N-ethyl adjacent to an activating group) is 1. The number of piperidine rings is 1. The molecule has 2 aliphatic rings. The number of rotatable bonds is 19. The molecule has 19 nitrogen and oxygen atoms in total. The molecule has 19 heteroatoms. The molecule has 398 valence electrons. The Bertz CT molecular complexity index is 3300. The van der Waals surface area contributed by atoms with Crippen LogP contribution < -0.4 is 36.4 Å². The van der Waals surface area contributed by atoms with Gasteiger partial charge in [0.2, 0.25) is 11.8 Å². The van der Waals surface area contributed by atoms with Gasteiger partial charge in [0.15, 0.2) is 11.5 Å². The van der Waals surface area contributed by atoms with Gasteiger partial charge in [-0.25, -0.2) is 9.78 Å². The van der Waals surface area contributed by atoms with Gasteiger partial charge in [0.25, 0.3) is 5.91 Å². The SMILES string of the molecule is C=CC(=O)Nc1ccc(C(=O)Nc2cccc(N(c3n[nH]c4c3CN(C(=O)N[C@H](CN(C)C)c3ccccc3)C4(C)C)C3CCN(c4cc(Nc5cccc(NC(=O)C=C)c5)n5ncc(CC)c5n4)C(CCO)C3)c2)cc1. The number of anilines is 8. The van der Waals surface area contributed by atoms with Crippen LogP contribution in [0.4, 0.5) is 50.7 Å². The molecule has 7 aromatic rings. The van der Waals surface area contributed by atoms with Crippen LogP contribution in [0.1, 0.15) is 78.8 Å². The molecule has 5 amide bonds. The Hall–Kier alpha value is -8.81. The molecule has 0 saturated carbocycles. The number of aryl methyl sites for hydroxylation is 1. The number of carbonyl (C=O) groups excluding carboxylic acids is 4. The maximum absolute atomic E-state index is 14.6. The molecule has 0 spiro atoms. The highest BCUT2D eigenvalue weighted by atomic mass is 16.3. The van der Waals surface area contributed by atoms with Crippen LogP contribution >= 0.6 is 0 Å². The molecule has 1 fully saturated rings. The molecule has 0 bridgehead atoms. The van der Waals surface area contributed by atoms with Crippen molar-refractivity contribution in [2.45, 2.75) is 76.7 Å². The Balaban J connectivity index is 1.06. The average Bonchev–Trinajstić information content (AvgIpc) is 4.19. The number of aliphatic hydroxyl groups is 1. The van der Waals surface area contributed by atoms with Gasteiger partial charge in [0.05, 0.1) is 30.0 Å². The van der Waals surface area contributed by atoms with E-state index in [0.717, 1.165) is 33.8 Å². The number of amides is 5. The van der Waals surface area contributed by atoms with Gasteiger partial charge in [-0.3, -0.25) is 19.5 Å². The minimum atomic E-state index is -0.778. The number of aromatic nitrogens is 5. The van der Waals surface area contributed by atoms with Crippen LogP contribution in [0.3, 0.4) is 0 Å². The summed E-state index contributed by atoms with van der Waals surface area (Å²) in [4.78, 5) is 66.1. The summed E-state index contributed by atoms with van der Waals surface area (Å²) in [6.07, 6.45) is 6.58. The normalized spacial score (nSPS) is 16.1. The first-order chi connectivity index (χ1) is 37.2. The molecule has 0 radical (unpaired) electrons. The summed E-state index contributed by atoms with van der Waals surface area (Å²) in [6, 6.07) is 32.7. The zero-order chi connectivity index (χ0) is 54.4. The number of H-pyrrole nitrogens is 1. The standard InChI is InChI=1S/C58H66N14O5/c1-8-37-34-59-72-50(60-41-18-14-19-42(30-41)62-52(75)10-3)33-49(65-54(37)72)69-28-26-46(32-44(69)27-29-73)71(45-21-15-20-43(31-45)63-56(76)39-22-24-40(25-23-39)61-51(74)9-2)55-47-35-70(58(4,5)53(47)66-67-55)57(77)64-48(36-68(6)7)38-16-12-11-13-17-38/h9-25,30-31,33-34,44,46,48,60,73H,2-3,8,26-29,32,35-36H2,1,4-7H3,(H,61,74)(H,62,75)(H,63,76)(H,64,77)(H,66,67)/t44?,46?,48-/m1/s1. The highest BCUT2D eigenvalue weighted by Gasteiger charge is 2.46. The topological polar surface area (TPSA) is 220 Å². The van der Waals surface area contributed by atoms with E-state index in [2.05, 4.69) is 66.5 Å². The summed E-state index contributed by atoms with van der Waals surface area (Å²) in [7, 11) is 3.98. The summed E-state index contributed by atoms with van der Waals surface area (Å²) in [5, 5.41) is 39.4. The van der Waals surface area contributed by atoms with Crippen molar-refractivity contribution in [2.24, 2.45) is 0 Å². The summed E-state index contributed by atoms with van der Waals surface area (Å²) in [6.45, 7) is 14.5. The summed E-state index contributed by atoms with van der Waals surface area (Å²) in [5.41, 5.74) is 7.14. The zero-order valence-electron chi connectivity index (χ0n) is 44.1. The lowest BCUT2D eigenvalue weighted by Crippen LogP contribution is -2.50. The van der Waals surface area contributed by atoms with Crippen molar-refractivity contribution in [1.29, 1.82) is 0 Å². The maximum Gasteiger partial charge on any atom is 0.319 e. The van der Waals surface area contributed by atoms with Gasteiger partial charge in [-0.05, 0) is 132 Å². The lowest BCUT2D eigenvalue weighted by Gasteiger charge is -2.44. The Morgan fingerprint density at radius 3 is 2.27 bits per heavy atom. The van der Waals surface area contributed by atoms with Gasteiger partial charge in [0.1, 0.15) is 11.6 Å². The van der Waals surface area contributed by atoms with Gasteiger partial charge >= 0.3 is 6.03 Å². The molecule has 1 saturated heterocycles. The van der Waals surface area contributed by atoms with Gasteiger partial charge in [0, 0.05) is 83.0 Å². The lowest BCUT2D eigenvalue weighted by atomic mass is 9.92. The second-order valence-corrected chi connectivity index (χ2v) is 20.1. The van der Waals surface area contributed by atoms with E-state index in [1.807, 2.05) is 118 Å². The fourth-order valence-electron chi connectivity index (χ4n) is 10.4. The first-order valence-corrected chi connectivity index (χ1v) is 25.8. The van der Waals surface area contributed by atoms with Gasteiger partial charge in [-0.15, -0.1) is 0 Å². The predicted octanol–water partition coefficient (Wildman–Crippen LogP) is 8.88. The molecule has 3 aromatic heterocycles. The van der Waals surface area contributed by atoms with Crippen LogP contribution in [0.15, 0.2) is 141 Å². The number of nitrogens with one attached hydrogen (secondary N) is 6. The molecule has 4 aromatic carbocycles. The van der Waals surface area contributed by atoms with Crippen molar-refractivity contribution in [3.05, 3.63) is 169 Å². The zero-order valence-corrected chi connectivity index (χ0v) is 44.1. The quantitative estimate of drug-likeness (QED) is 0.0378. The largest absolute Gasteiger partial charge is 0.396 e. The Labute approximate surface area is 448 Å². The number of urea groups is 1. The number of nitrogens with zero attached hydrogens (tertiary/aromatic N) is 8. The molecule has 77 heavy (non-hydrogen) atoms. The molecular weight excluding hydrogens is 973 g/mol. The number of benzene rings is 4. The van der Waals surface area contributed by atoms with Crippen LogP contribution in [-0.4, -0.2) is 109 Å². The van der Waals surface area contributed by atoms with Crippen molar-refractivity contribution in [3.8, 4) is 0 Å². The number of hydrogen-bond acceptors (Lipinski definition) is 12. The van der Waals surface area contributed by atoms with Gasteiger partial charge < -0.3 is 51.3 Å². The lowest BCUT2D eigenvalue weighted by molar-refractivity contribution is -0.112. The van der Waals surface area contributed by atoms with E-state index in [1.54, 1.807) is 34.8 Å². The third-order valence-corrected chi connectivity index (χ3v) is 14.3. The van der Waals surface area contributed by atoms with Crippen LogP contribution in [0.5, 0.6) is 0 Å². The van der Waals surface area contributed by atoms with E-state index in [4.69, 9.17) is 15.2 Å². The highest BCUT2D eigenvalue weighted by molar-refractivity contribution is 6.05. The Morgan fingerprint density at radius 1 is 0.870 bits per heavy atom. The third-order valence-electron chi connectivity index (χ3n) is 14.3. The van der Waals surface area contributed by atoms with E-state index in [-0.39, 0.29) is 55.0 Å². The van der Waals surface area contributed by atoms with Gasteiger partial charge in [-0.2, -0.15) is 14.7 Å². The number of carbonyl (C=O) groups is 4. The van der Waals surface area contributed by atoms with Crippen molar-refractivity contribution in [1.82, 2.24) is 39.9 Å². The minimum absolute atomic E-state index is 0.0751. The van der Waals surface area contributed by atoms with E-state index < -0.39 is 5.54 Å². The summed E-state index contributed by atoms with van der Waals surface area (Å²) >= 11 is 0. The number of hydrogen-bond donors (Lipinski definition) is 7. The predicted molar refractivity (Wildman–Crippen MR) is 302 cm³/mol. The average molecular weight is 1040 g/mol. The fourth-order valence-corrected chi connectivity index (χ4v) is 10.4. The van der Waals surface area contributed by atoms with Gasteiger partial charge in [-0.1, -0.05) is 62.5 Å². The third kappa shape index (κ3) is 11.6. The monoisotopic (exact) mass is 1040 g/mol. The molecule has 3 atom stereocenters. The van der Waals surface area contributed by atoms with Crippen molar-refractivity contribution in [2.75, 3.05) is 64.9 Å². The number of aromatic amines is 1. The number of fused-ring (bicyclic) bond motifs is 2. The van der Waals surface area contributed by atoms with E-state index in [0.29, 0.717) is 84.5 Å². The van der Waals surface area contributed by atoms with E-state index in [1.165, 1.54) is 12.2 Å². The molecule has 2 unspecified atom stereocenters. The fraction of sp³-hybridized carbons (Fsp3) is 0.293. The second-order valence-electron chi connectivity index (χ2n) is 20.1. The molecule has 9 rings (SSSR count). The Morgan fingerprint density at radius 2 is 1.57 bits per heavy atom. The smallest absolute Gasteiger partial charge is 0.319 e. The van der Waals surface area contributed by atoms with Crippen molar-refractivity contribution >= 4 is 75.3 Å². The van der Waals surface area contributed by atoms with Crippen molar-refractivity contribution < 1.29 is 24.3 Å². The first kappa shape index (κ1) is 53.0. The van der Waals surface area contributed by atoms with E-state index in [9.17, 15) is 24.3 Å². The number of aliphatic hydroxyl groups excluding tert-OH is 1. The first-order valence-electron chi connectivity index (χ1n) is 25.8. The van der Waals surface area contributed by atoms with Crippen LogP contribution in [-0.2, 0) is 28.1 Å². The van der Waals surface area contributed by atoms with Crippen molar-refractivity contribution in [3.63, 3.8) is 0 Å². The van der Waals surface area contributed by atoms with Crippen LogP contribution in [0.25, 0.3) is 5.65 Å². The van der Waals surface area contributed by atoms with Crippen LogP contribution in [0, 0.1) is 0 Å². The molecule has 0 aliphatic carbocycles. The molecular formula is C58H66N14O5.